The Bertz CT molecular complexity index is 545. The van der Waals surface area contributed by atoms with Crippen molar-refractivity contribution >= 4 is 5.91 Å². The molecule has 7 heteroatoms. The third kappa shape index (κ3) is 2.54. The van der Waals surface area contributed by atoms with Gasteiger partial charge in [0.15, 0.2) is 0 Å². The molecule has 21 heavy (non-hydrogen) atoms. The van der Waals surface area contributed by atoms with Crippen LogP contribution < -0.4 is 5.32 Å². The molecule has 0 radical (unpaired) electrons. The van der Waals surface area contributed by atoms with E-state index in [9.17, 15) is 13.6 Å². The van der Waals surface area contributed by atoms with E-state index in [0.29, 0.717) is 33.5 Å². The molecule has 0 saturated carbocycles. The number of amides is 1. The Morgan fingerprint density at radius 1 is 1.33 bits per heavy atom. The zero-order chi connectivity index (χ0) is 15.1. The quantitative estimate of drug-likeness (QED) is 0.909. The van der Waals surface area contributed by atoms with Gasteiger partial charge >= 0.3 is 6.55 Å². The lowest BCUT2D eigenvalue weighted by molar-refractivity contribution is -0.129. The van der Waals surface area contributed by atoms with E-state index in [2.05, 4.69) is 10.4 Å². The number of nitrogens with one attached hydrogen (secondary N) is 1. The number of hydrogen-bond donors (Lipinski definition) is 1. The molecule has 2 saturated heterocycles. The van der Waals surface area contributed by atoms with Gasteiger partial charge in [0, 0.05) is 37.4 Å². The molecule has 2 fully saturated rings. The largest absolute Gasteiger partial charge is 0.342 e. The van der Waals surface area contributed by atoms with Gasteiger partial charge in [0.2, 0.25) is 5.91 Å². The minimum Gasteiger partial charge on any atom is -0.342 e. The highest BCUT2D eigenvalue weighted by Gasteiger charge is 2.38. The number of hydrogen-bond acceptors (Lipinski definition) is 3. The van der Waals surface area contributed by atoms with Gasteiger partial charge in [0.25, 0.3) is 0 Å². The van der Waals surface area contributed by atoms with Gasteiger partial charge in [-0.2, -0.15) is 13.9 Å². The van der Waals surface area contributed by atoms with E-state index in [1.54, 1.807) is 13.8 Å². The Hall–Kier alpha value is -1.50. The lowest BCUT2D eigenvalue weighted by Gasteiger charge is -2.17. The van der Waals surface area contributed by atoms with Crippen molar-refractivity contribution in [1.82, 2.24) is 20.0 Å². The molecule has 0 aliphatic carbocycles. The Kier molecular flexibility index (Phi) is 3.69. The maximum absolute atomic E-state index is 12.8. The summed E-state index contributed by atoms with van der Waals surface area (Å²) in [5, 5.41) is 7.17. The standard InChI is InChI=1S/C14H20F2N4O/c1-8-12(9(2)20(18-8)14(15)16)3-13(21)19-6-10-4-17-5-11(10)7-19/h10-11,14,17H,3-7H2,1-2H3/t10-,11+. The van der Waals surface area contributed by atoms with Crippen LogP contribution in [0.5, 0.6) is 0 Å². The zero-order valence-electron chi connectivity index (χ0n) is 12.3. The third-order valence-corrected chi connectivity index (χ3v) is 4.73. The van der Waals surface area contributed by atoms with Crippen LogP contribution in [-0.4, -0.2) is 46.8 Å². The van der Waals surface area contributed by atoms with E-state index in [4.69, 9.17) is 0 Å². The van der Waals surface area contributed by atoms with Gasteiger partial charge in [-0.3, -0.25) is 4.79 Å². The number of alkyl halides is 2. The predicted octanol–water partition coefficient (Wildman–Crippen LogP) is 1.12. The van der Waals surface area contributed by atoms with Crippen LogP contribution in [0.3, 0.4) is 0 Å². The molecule has 1 amide bonds. The Balaban J connectivity index is 1.71. The highest BCUT2D eigenvalue weighted by Crippen LogP contribution is 2.27. The van der Waals surface area contributed by atoms with E-state index in [1.165, 1.54) is 0 Å². The van der Waals surface area contributed by atoms with Crippen LogP contribution in [0, 0.1) is 25.7 Å². The molecule has 5 nitrogen and oxygen atoms in total. The van der Waals surface area contributed by atoms with Gasteiger partial charge in [-0.1, -0.05) is 0 Å². The van der Waals surface area contributed by atoms with Crippen molar-refractivity contribution in [2.45, 2.75) is 26.8 Å². The zero-order valence-corrected chi connectivity index (χ0v) is 12.3. The van der Waals surface area contributed by atoms with Crippen molar-refractivity contribution < 1.29 is 13.6 Å². The number of carbonyl (C=O) groups is 1. The minimum absolute atomic E-state index is 0.0180. The van der Waals surface area contributed by atoms with Crippen molar-refractivity contribution in [1.29, 1.82) is 0 Å². The van der Waals surface area contributed by atoms with Crippen LogP contribution in [0.4, 0.5) is 8.78 Å². The summed E-state index contributed by atoms with van der Waals surface area (Å²) >= 11 is 0. The molecular weight excluding hydrogens is 278 g/mol. The van der Waals surface area contributed by atoms with Crippen LogP contribution in [0.25, 0.3) is 0 Å². The van der Waals surface area contributed by atoms with Crippen LogP contribution in [0.1, 0.15) is 23.5 Å². The summed E-state index contributed by atoms with van der Waals surface area (Å²) in [6.07, 6.45) is 0.164. The van der Waals surface area contributed by atoms with Gasteiger partial charge in [-0.15, -0.1) is 0 Å². The lowest BCUT2D eigenvalue weighted by atomic mass is 10.0. The van der Waals surface area contributed by atoms with E-state index in [0.717, 1.165) is 26.2 Å². The number of halogens is 2. The van der Waals surface area contributed by atoms with Crippen molar-refractivity contribution in [3.05, 3.63) is 17.0 Å². The fraction of sp³-hybridized carbons (Fsp3) is 0.714. The fourth-order valence-corrected chi connectivity index (χ4v) is 3.46. The van der Waals surface area contributed by atoms with Crippen LogP contribution in [-0.2, 0) is 11.2 Å². The van der Waals surface area contributed by atoms with Crippen LogP contribution in [0.15, 0.2) is 0 Å². The van der Waals surface area contributed by atoms with Gasteiger partial charge < -0.3 is 10.2 Å². The number of nitrogens with zero attached hydrogens (tertiary/aromatic N) is 3. The highest BCUT2D eigenvalue weighted by molar-refractivity contribution is 5.79. The molecule has 0 bridgehead atoms. The first-order chi connectivity index (χ1) is 9.97. The Labute approximate surface area is 122 Å². The Morgan fingerprint density at radius 2 is 1.95 bits per heavy atom. The van der Waals surface area contributed by atoms with E-state index in [-0.39, 0.29) is 12.3 Å². The summed E-state index contributed by atoms with van der Waals surface area (Å²) in [5.74, 6) is 1.10. The molecule has 3 rings (SSSR count). The van der Waals surface area contributed by atoms with Crippen LogP contribution in [0.2, 0.25) is 0 Å². The van der Waals surface area contributed by atoms with Gasteiger partial charge in [-0.25, -0.2) is 4.68 Å². The number of aromatic nitrogens is 2. The first-order valence-corrected chi connectivity index (χ1v) is 7.28. The van der Waals surface area contributed by atoms with E-state index < -0.39 is 6.55 Å². The molecule has 1 aromatic heterocycles. The molecule has 1 N–H and O–H groups in total. The van der Waals surface area contributed by atoms with E-state index in [1.807, 2.05) is 4.90 Å². The average Bonchev–Trinajstić information content (AvgIpc) is 3.06. The summed E-state index contributed by atoms with van der Waals surface area (Å²) in [6.45, 7) is 4.10. The second kappa shape index (κ2) is 5.36. The SMILES string of the molecule is Cc1nn(C(F)F)c(C)c1CC(=O)N1C[C@H]2CNC[C@H]2C1. The molecule has 0 spiro atoms. The normalized spacial score (nSPS) is 24.9. The first kappa shape index (κ1) is 14.4. The number of fused-ring (bicyclic) bond motifs is 1. The van der Waals surface area contributed by atoms with Crippen LogP contribution >= 0.6 is 0 Å². The topological polar surface area (TPSA) is 50.2 Å². The first-order valence-electron chi connectivity index (χ1n) is 7.28. The number of likely N-dealkylation sites (tertiary alicyclic amines) is 1. The van der Waals surface area contributed by atoms with E-state index >= 15 is 0 Å². The summed E-state index contributed by atoms with van der Waals surface area (Å²) in [4.78, 5) is 14.3. The number of rotatable bonds is 3. The Morgan fingerprint density at radius 3 is 2.48 bits per heavy atom. The summed E-state index contributed by atoms with van der Waals surface area (Å²) < 4.78 is 26.3. The van der Waals surface area contributed by atoms with Crippen molar-refractivity contribution in [2.24, 2.45) is 11.8 Å². The molecule has 2 atom stereocenters. The summed E-state index contributed by atoms with van der Waals surface area (Å²) in [5.41, 5.74) is 1.54. The molecule has 1 aromatic rings. The third-order valence-electron chi connectivity index (χ3n) is 4.73. The van der Waals surface area contributed by atoms with Gasteiger partial charge in [0.1, 0.15) is 0 Å². The summed E-state index contributed by atoms with van der Waals surface area (Å²) in [7, 11) is 0. The number of aryl methyl sites for hydroxylation is 1. The molecule has 2 aliphatic rings. The molecule has 116 valence electrons. The molecule has 0 unspecified atom stereocenters. The lowest BCUT2D eigenvalue weighted by Crippen LogP contribution is -2.33. The monoisotopic (exact) mass is 298 g/mol. The highest BCUT2D eigenvalue weighted by atomic mass is 19.3. The fourth-order valence-electron chi connectivity index (χ4n) is 3.46. The molecular formula is C14H20F2N4O. The molecule has 2 aliphatic heterocycles. The summed E-state index contributed by atoms with van der Waals surface area (Å²) in [6, 6.07) is 0. The smallest absolute Gasteiger partial charge is 0.333 e. The maximum atomic E-state index is 12.8. The van der Waals surface area contributed by atoms with Crippen molar-refractivity contribution in [3.63, 3.8) is 0 Å². The van der Waals surface area contributed by atoms with Crippen molar-refractivity contribution in [3.8, 4) is 0 Å². The number of carbonyl (C=O) groups excluding carboxylic acids is 1. The maximum Gasteiger partial charge on any atom is 0.333 e. The second-order valence-corrected chi connectivity index (χ2v) is 6.03. The van der Waals surface area contributed by atoms with Gasteiger partial charge in [0.05, 0.1) is 12.1 Å². The predicted molar refractivity (Wildman–Crippen MR) is 73.1 cm³/mol. The average molecular weight is 298 g/mol. The molecule has 3 heterocycles. The van der Waals surface area contributed by atoms with Gasteiger partial charge in [-0.05, 0) is 25.7 Å². The molecule has 0 aromatic carbocycles. The van der Waals surface area contributed by atoms with Crippen molar-refractivity contribution in [2.75, 3.05) is 26.2 Å². The second-order valence-electron chi connectivity index (χ2n) is 6.03. The minimum atomic E-state index is -2.66.